The molecule has 2 rings (SSSR count). The molecule has 4 nitrogen and oxygen atoms in total. The third-order valence-electron chi connectivity index (χ3n) is 8.05. The van der Waals surface area contributed by atoms with Gasteiger partial charge in [-0.2, -0.15) is 0 Å². The minimum atomic E-state index is 0.0110. The average Bonchev–Trinajstić information content (AvgIpc) is 2.90. The summed E-state index contributed by atoms with van der Waals surface area (Å²) in [5.41, 5.74) is 0. The summed E-state index contributed by atoms with van der Waals surface area (Å²) >= 11 is 0. The van der Waals surface area contributed by atoms with Crippen LogP contribution in [0.2, 0.25) is 0 Å². The van der Waals surface area contributed by atoms with Gasteiger partial charge in [-0.3, -0.25) is 0 Å². The number of hydrogen-bond acceptors (Lipinski definition) is 3. The van der Waals surface area contributed by atoms with E-state index >= 15 is 0 Å². The van der Waals surface area contributed by atoms with E-state index < -0.39 is 0 Å². The first-order valence-electron chi connectivity index (χ1n) is 15.0. The second-order valence-corrected chi connectivity index (χ2v) is 10.5. The van der Waals surface area contributed by atoms with Gasteiger partial charge in [0.2, 0.25) is 0 Å². The van der Waals surface area contributed by atoms with Gasteiger partial charge >= 0.3 is 0 Å². The lowest BCUT2D eigenvalue weighted by Gasteiger charge is -2.35. The summed E-state index contributed by atoms with van der Waals surface area (Å²) in [5.74, 6) is 1.67. The first-order chi connectivity index (χ1) is 17.2. The minimum absolute atomic E-state index is 0.0110. The van der Waals surface area contributed by atoms with E-state index in [0.717, 1.165) is 24.5 Å². The summed E-state index contributed by atoms with van der Waals surface area (Å²) < 4.78 is 18.8. The maximum atomic E-state index is 5.93. The van der Waals surface area contributed by atoms with Crippen LogP contribution in [-0.4, -0.2) is 56.6 Å². The van der Waals surface area contributed by atoms with Crippen LogP contribution in [-0.2, 0) is 4.74 Å². The lowest BCUT2D eigenvalue weighted by molar-refractivity contribution is -0.923. The molecular formula is C31H56NO3+. The van der Waals surface area contributed by atoms with Gasteiger partial charge in [-0.25, -0.2) is 0 Å². The van der Waals surface area contributed by atoms with Crippen LogP contribution < -0.4 is 9.47 Å². The van der Waals surface area contributed by atoms with Gasteiger partial charge in [0.25, 0.3) is 0 Å². The Morgan fingerprint density at radius 3 is 1.71 bits per heavy atom. The van der Waals surface area contributed by atoms with Crippen LogP contribution in [0.4, 0.5) is 0 Å². The highest BCUT2D eigenvalue weighted by Gasteiger charge is 2.20. The molecule has 35 heavy (non-hydrogen) atoms. The number of ether oxygens (including phenoxy) is 3. The van der Waals surface area contributed by atoms with Crippen molar-refractivity contribution in [2.24, 2.45) is 0 Å². The summed E-state index contributed by atoms with van der Waals surface area (Å²) in [7, 11) is 0. The van der Waals surface area contributed by atoms with Crippen molar-refractivity contribution in [1.29, 1.82) is 0 Å². The van der Waals surface area contributed by atoms with Crippen LogP contribution >= 0.6 is 0 Å². The molecule has 1 aromatic rings. The Bertz CT molecular complexity index is 623. The zero-order chi connectivity index (χ0) is 25.0. The molecule has 0 N–H and O–H groups in total. The highest BCUT2D eigenvalue weighted by atomic mass is 16.6. The minimum Gasteiger partial charge on any atom is -0.486 e. The molecule has 0 saturated heterocycles. The normalized spacial score (nSPS) is 15.5. The van der Waals surface area contributed by atoms with Gasteiger partial charge in [0, 0.05) is 6.61 Å². The Balaban J connectivity index is 1.27. The molecule has 0 fully saturated rings. The van der Waals surface area contributed by atoms with Gasteiger partial charge in [0.05, 0.1) is 32.8 Å². The van der Waals surface area contributed by atoms with E-state index in [4.69, 9.17) is 14.2 Å². The van der Waals surface area contributed by atoms with Gasteiger partial charge < -0.3 is 18.7 Å². The Kier molecular flexibility index (Phi) is 16.2. The predicted octanol–water partition coefficient (Wildman–Crippen LogP) is 8.18. The Hall–Kier alpha value is -1.26. The summed E-state index contributed by atoms with van der Waals surface area (Å²) in [6, 6.07) is 7.86. The topological polar surface area (TPSA) is 27.7 Å². The first-order valence-corrected chi connectivity index (χ1v) is 15.0. The maximum Gasteiger partial charge on any atom is 0.161 e. The fraction of sp³-hybridized carbons (Fsp3) is 0.806. The summed E-state index contributed by atoms with van der Waals surface area (Å²) in [4.78, 5) is 0. The molecule has 1 atom stereocenters. The van der Waals surface area contributed by atoms with Crippen LogP contribution in [0.15, 0.2) is 24.3 Å². The number of para-hydroxylation sites is 2. The number of nitrogens with zero attached hydrogens (tertiary/aromatic N) is 1. The highest BCUT2D eigenvalue weighted by molar-refractivity contribution is 5.40. The molecule has 1 aliphatic rings. The van der Waals surface area contributed by atoms with E-state index in [9.17, 15) is 0 Å². The Labute approximate surface area is 217 Å². The van der Waals surface area contributed by atoms with Crippen molar-refractivity contribution in [2.45, 2.75) is 117 Å². The van der Waals surface area contributed by atoms with Crippen molar-refractivity contribution in [3.63, 3.8) is 0 Å². The molecule has 0 radical (unpaired) electrons. The monoisotopic (exact) mass is 490 g/mol. The van der Waals surface area contributed by atoms with Crippen LogP contribution in [0.3, 0.4) is 0 Å². The van der Waals surface area contributed by atoms with Crippen molar-refractivity contribution in [3.8, 4) is 11.5 Å². The Morgan fingerprint density at radius 1 is 0.686 bits per heavy atom. The molecular weight excluding hydrogens is 434 g/mol. The average molecular weight is 491 g/mol. The van der Waals surface area contributed by atoms with Crippen LogP contribution in [0, 0.1) is 0 Å². The van der Waals surface area contributed by atoms with Gasteiger partial charge in [0.1, 0.15) is 6.61 Å². The van der Waals surface area contributed by atoms with Crippen molar-refractivity contribution < 1.29 is 18.7 Å². The number of hydrogen-bond donors (Lipinski definition) is 0. The van der Waals surface area contributed by atoms with Gasteiger partial charge in [-0.1, -0.05) is 82.8 Å². The maximum absolute atomic E-state index is 5.93. The second kappa shape index (κ2) is 18.9. The third-order valence-corrected chi connectivity index (χ3v) is 8.05. The van der Waals surface area contributed by atoms with Crippen LogP contribution in [0.1, 0.15) is 111 Å². The molecule has 0 saturated carbocycles. The van der Waals surface area contributed by atoms with E-state index in [1.807, 2.05) is 24.3 Å². The fourth-order valence-corrected chi connectivity index (χ4v) is 5.28. The van der Waals surface area contributed by atoms with Gasteiger partial charge in [0.15, 0.2) is 17.6 Å². The Morgan fingerprint density at radius 2 is 1.17 bits per heavy atom. The largest absolute Gasteiger partial charge is 0.486 e. The highest BCUT2D eigenvalue weighted by Crippen LogP contribution is 2.30. The van der Waals surface area contributed by atoms with Gasteiger partial charge in [-0.05, 0) is 52.2 Å². The number of fused-ring (bicyclic) bond motifs is 1. The molecule has 0 amide bonds. The summed E-state index contributed by atoms with van der Waals surface area (Å²) in [5, 5.41) is 0. The molecule has 0 aliphatic carbocycles. The predicted molar refractivity (Wildman–Crippen MR) is 149 cm³/mol. The molecule has 4 heteroatoms. The molecule has 0 bridgehead atoms. The number of benzene rings is 1. The lowest BCUT2D eigenvalue weighted by Crippen LogP contribution is -2.48. The molecule has 1 unspecified atom stereocenters. The van der Waals surface area contributed by atoms with Crippen molar-refractivity contribution in [2.75, 3.05) is 46.0 Å². The van der Waals surface area contributed by atoms with Gasteiger partial charge in [-0.15, -0.1) is 0 Å². The first kappa shape index (κ1) is 30.0. The van der Waals surface area contributed by atoms with Crippen molar-refractivity contribution >= 4 is 0 Å². The standard InChI is InChI=1S/C31H56NO3/c1-4-32(5-2,6-3)25-21-17-15-13-11-9-7-8-10-12-14-16-18-22-26-33-27-29-28-34-30-23-19-20-24-31(30)35-29/h19-20,23-24,29H,4-18,21-22,25-28H2,1-3H3/q+1. The third kappa shape index (κ3) is 12.5. The summed E-state index contributed by atoms with van der Waals surface area (Å²) in [6.45, 7) is 14.4. The zero-order valence-corrected chi connectivity index (χ0v) is 23.4. The molecule has 0 aromatic heterocycles. The number of quaternary nitrogens is 1. The fourth-order valence-electron chi connectivity index (χ4n) is 5.28. The van der Waals surface area contributed by atoms with E-state index in [1.165, 1.54) is 114 Å². The molecule has 1 aromatic carbocycles. The van der Waals surface area contributed by atoms with E-state index in [1.54, 1.807) is 0 Å². The smallest absolute Gasteiger partial charge is 0.161 e. The number of unbranched alkanes of at least 4 members (excludes halogenated alkanes) is 13. The van der Waals surface area contributed by atoms with Crippen LogP contribution in [0.25, 0.3) is 0 Å². The SMILES string of the molecule is CC[N+](CC)(CC)CCCCCCCCCCCCCCCCOCC1COc2ccccc2O1. The second-order valence-electron chi connectivity index (χ2n) is 10.5. The molecule has 202 valence electrons. The van der Waals surface area contributed by atoms with Crippen molar-refractivity contribution in [3.05, 3.63) is 24.3 Å². The molecule has 1 aliphatic heterocycles. The molecule has 1 heterocycles. The van der Waals surface area contributed by atoms with Crippen molar-refractivity contribution in [1.82, 2.24) is 0 Å². The lowest BCUT2D eigenvalue weighted by atomic mass is 10.0. The van der Waals surface area contributed by atoms with E-state index in [2.05, 4.69) is 20.8 Å². The van der Waals surface area contributed by atoms with Crippen LogP contribution in [0.5, 0.6) is 11.5 Å². The van der Waals surface area contributed by atoms with E-state index in [0.29, 0.717) is 13.2 Å². The zero-order valence-electron chi connectivity index (χ0n) is 23.4. The quantitative estimate of drug-likeness (QED) is 0.121. The molecule has 0 spiro atoms. The number of rotatable bonds is 22. The summed E-state index contributed by atoms with van der Waals surface area (Å²) in [6.07, 6.45) is 19.5. The van der Waals surface area contributed by atoms with E-state index in [-0.39, 0.29) is 6.10 Å².